The summed E-state index contributed by atoms with van der Waals surface area (Å²) in [5.41, 5.74) is -0.200. The van der Waals surface area contributed by atoms with Gasteiger partial charge in [-0.15, -0.1) is 0 Å². The molecule has 1 N–H and O–H groups in total. The Bertz CT molecular complexity index is 261. The van der Waals surface area contributed by atoms with Crippen LogP contribution in [-0.4, -0.2) is 59.8 Å². The fourth-order valence-corrected chi connectivity index (χ4v) is 2.10. The minimum absolute atomic E-state index is 0.200. The Balaban J connectivity index is 2.43. The van der Waals surface area contributed by atoms with Crippen molar-refractivity contribution >= 4 is 0 Å². The Morgan fingerprint density at radius 3 is 2.71 bits per heavy atom. The summed E-state index contributed by atoms with van der Waals surface area (Å²) in [6, 6.07) is 0.441. The molecule has 1 unspecified atom stereocenters. The molecule has 0 aliphatic carbocycles. The van der Waals surface area contributed by atoms with Crippen LogP contribution < -0.4 is 0 Å². The Morgan fingerprint density at radius 2 is 2.18 bits per heavy atom. The summed E-state index contributed by atoms with van der Waals surface area (Å²) in [6.07, 6.45) is 1.10. The molecule has 0 aromatic rings. The number of hydrogen-bond donors (Lipinski definition) is 1. The summed E-state index contributed by atoms with van der Waals surface area (Å²) >= 11 is 0. The van der Waals surface area contributed by atoms with Crippen molar-refractivity contribution in [3.8, 4) is 0 Å². The molecule has 4 heteroatoms. The summed E-state index contributed by atoms with van der Waals surface area (Å²) in [6.45, 7) is 13.1. The normalized spacial score (nSPS) is 21.6. The highest BCUT2D eigenvalue weighted by Gasteiger charge is 2.27. The molecule has 0 spiro atoms. The highest BCUT2D eigenvalue weighted by atomic mass is 16.5. The number of aliphatic hydroxyl groups excluding tert-OH is 1. The van der Waals surface area contributed by atoms with E-state index in [9.17, 15) is 0 Å². The number of hydrogen-bond acceptors (Lipinski definition) is 4. The number of likely N-dealkylation sites (N-methyl/N-ethyl adjacent to an activating group) is 1. The fourth-order valence-electron chi connectivity index (χ4n) is 2.10. The van der Waals surface area contributed by atoms with Gasteiger partial charge >= 0.3 is 0 Å². The van der Waals surface area contributed by atoms with Gasteiger partial charge in [-0.1, -0.05) is 0 Å². The molecule has 17 heavy (non-hydrogen) atoms. The lowest BCUT2D eigenvalue weighted by molar-refractivity contribution is 0.0000195. The number of ether oxygens (including phenoxy) is 1. The van der Waals surface area contributed by atoms with E-state index in [2.05, 4.69) is 16.4 Å². The fraction of sp³-hybridized carbons (Fsp3) is 0.846. The monoisotopic (exact) mass is 242 g/mol. The van der Waals surface area contributed by atoms with E-state index in [1.165, 1.54) is 0 Å². The SMILES string of the molecule is C=C(OC(C)(C)C)N(C)C1CCN(CCO)C1. The molecule has 0 bridgehead atoms. The zero-order valence-electron chi connectivity index (χ0n) is 11.6. The summed E-state index contributed by atoms with van der Waals surface area (Å²) in [4.78, 5) is 4.38. The molecule has 0 aromatic heterocycles. The number of aliphatic hydroxyl groups is 1. The molecule has 1 heterocycles. The highest BCUT2D eigenvalue weighted by Crippen LogP contribution is 2.21. The first kappa shape index (κ1) is 14.3. The van der Waals surface area contributed by atoms with Crippen LogP contribution in [-0.2, 0) is 4.74 Å². The number of β-amino-alcohol motifs (C(OH)–C–C–N with tert-alkyl or cyclic N) is 1. The average Bonchev–Trinajstić information content (AvgIpc) is 2.63. The van der Waals surface area contributed by atoms with Crippen LogP contribution in [0.2, 0.25) is 0 Å². The van der Waals surface area contributed by atoms with Gasteiger partial charge in [0, 0.05) is 32.7 Å². The topological polar surface area (TPSA) is 35.9 Å². The first-order chi connectivity index (χ1) is 7.83. The van der Waals surface area contributed by atoms with Crippen molar-refractivity contribution in [3.63, 3.8) is 0 Å². The molecule has 0 saturated carbocycles. The van der Waals surface area contributed by atoms with Crippen molar-refractivity contribution in [2.75, 3.05) is 33.3 Å². The largest absolute Gasteiger partial charge is 0.474 e. The van der Waals surface area contributed by atoms with Crippen LogP contribution in [0, 0.1) is 0 Å². The van der Waals surface area contributed by atoms with Crippen LogP contribution in [0.4, 0.5) is 0 Å². The van der Waals surface area contributed by atoms with Crippen molar-refractivity contribution in [1.29, 1.82) is 0 Å². The van der Waals surface area contributed by atoms with Crippen LogP contribution >= 0.6 is 0 Å². The molecule has 4 nitrogen and oxygen atoms in total. The summed E-state index contributed by atoms with van der Waals surface area (Å²) in [7, 11) is 2.03. The third-order valence-corrected chi connectivity index (χ3v) is 3.03. The molecule has 1 saturated heterocycles. The van der Waals surface area contributed by atoms with E-state index in [0.717, 1.165) is 31.9 Å². The Kier molecular flexibility index (Phi) is 4.83. The van der Waals surface area contributed by atoms with Gasteiger partial charge in [-0.05, 0) is 33.8 Å². The first-order valence-corrected chi connectivity index (χ1v) is 6.27. The van der Waals surface area contributed by atoms with Crippen LogP contribution in [0.3, 0.4) is 0 Å². The van der Waals surface area contributed by atoms with E-state index < -0.39 is 0 Å². The van der Waals surface area contributed by atoms with E-state index in [-0.39, 0.29) is 12.2 Å². The Hall–Kier alpha value is -0.740. The maximum atomic E-state index is 8.92. The van der Waals surface area contributed by atoms with Crippen molar-refractivity contribution in [2.24, 2.45) is 0 Å². The van der Waals surface area contributed by atoms with E-state index in [1.54, 1.807) is 0 Å². The maximum Gasteiger partial charge on any atom is 0.182 e. The minimum atomic E-state index is -0.200. The smallest absolute Gasteiger partial charge is 0.182 e. The van der Waals surface area contributed by atoms with E-state index in [1.807, 2.05) is 27.8 Å². The molecule has 1 fully saturated rings. The van der Waals surface area contributed by atoms with E-state index in [0.29, 0.717) is 6.04 Å². The second-order valence-electron chi connectivity index (χ2n) is 5.69. The lowest BCUT2D eigenvalue weighted by Crippen LogP contribution is -2.37. The van der Waals surface area contributed by atoms with Gasteiger partial charge in [-0.2, -0.15) is 0 Å². The standard InChI is InChI=1S/C13H26N2O2/c1-11(17-13(2,3)4)14(5)12-6-7-15(10-12)8-9-16/h12,16H,1,6-10H2,2-5H3. The average molecular weight is 242 g/mol. The molecule has 0 aromatic carbocycles. The minimum Gasteiger partial charge on any atom is -0.474 e. The number of rotatable bonds is 5. The molecular formula is C13H26N2O2. The predicted octanol–water partition coefficient (Wildman–Crippen LogP) is 1.27. The third-order valence-electron chi connectivity index (χ3n) is 3.03. The number of nitrogens with zero attached hydrogens (tertiary/aromatic N) is 2. The summed E-state index contributed by atoms with van der Waals surface area (Å²) in [5.74, 6) is 0.730. The summed E-state index contributed by atoms with van der Waals surface area (Å²) in [5, 5.41) is 8.92. The van der Waals surface area contributed by atoms with Gasteiger partial charge in [0.15, 0.2) is 5.88 Å². The van der Waals surface area contributed by atoms with Gasteiger partial charge in [0.05, 0.1) is 6.61 Å². The Labute approximate surface area is 105 Å². The second kappa shape index (κ2) is 5.74. The lowest BCUT2D eigenvalue weighted by atomic mass is 10.2. The van der Waals surface area contributed by atoms with Crippen LogP contribution in [0.15, 0.2) is 12.5 Å². The van der Waals surface area contributed by atoms with E-state index >= 15 is 0 Å². The van der Waals surface area contributed by atoms with Gasteiger partial charge in [-0.3, -0.25) is 4.90 Å². The van der Waals surface area contributed by atoms with Gasteiger partial charge in [0.1, 0.15) is 5.60 Å². The quantitative estimate of drug-likeness (QED) is 0.737. The van der Waals surface area contributed by atoms with Crippen molar-refractivity contribution in [3.05, 3.63) is 12.5 Å². The van der Waals surface area contributed by atoms with Crippen molar-refractivity contribution in [1.82, 2.24) is 9.80 Å². The third kappa shape index (κ3) is 4.56. The summed E-state index contributed by atoms with van der Waals surface area (Å²) < 4.78 is 5.77. The molecule has 100 valence electrons. The van der Waals surface area contributed by atoms with Gasteiger partial charge in [-0.25, -0.2) is 0 Å². The molecule has 0 amide bonds. The van der Waals surface area contributed by atoms with Crippen LogP contribution in [0.25, 0.3) is 0 Å². The zero-order chi connectivity index (χ0) is 13.1. The van der Waals surface area contributed by atoms with Gasteiger partial charge in [0.2, 0.25) is 0 Å². The Morgan fingerprint density at radius 1 is 1.53 bits per heavy atom. The van der Waals surface area contributed by atoms with Crippen molar-refractivity contribution < 1.29 is 9.84 Å². The molecule has 1 aliphatic heterocycles. The molecule has 1 atom stereocenters. The van der Waals surface area contributed by atoms with Crippen LogP contribution in [0.5, 0.6) is 0 Å². The maximum absolute atomic E-state index is 8.92. The molecular weight excluding hydrogens is 216 g/mol. The van der Waals surface area contributed by atoms with Crippen LogP contribution in [0.1, 0.15) is 27.2 Å². The van der Waals surface area contributed by atoms with E-state index in [4.69, 9.17) is 9.84 Å². The molecule has 1 aliphatic rings. The molecule has 1 rings (SSSR count). The second-order valence-corrected chi connectivity index (χ2v) is 5.69. The van der Waals surface area contributed by atoms with Gasteiger partial charge in [0.25, 0.3) is 0 Å². The zero-order valence-corrected chi connectivity index (χ0v) is 11.6. The highest BCUT2D eigenvalue weighted by molar-refractivity contribution is 4.92. The first-order valence-electron chi connectivity index (χ1n) is 6.27. The number of likely N-dealkylation sites (tertiary alicyclic amines) is 1. The van der Waals surface area contributed by atoms with Gasteiger partial charge < -0.3 is 14.7 Å². The molecule has 0 radical (unpaired) electrons. The predicted molar refractivity (Wildman–Crippen MR) is 69.7 cm³/mol. The van der Waals surface area contributed by atoms with Crippen molar-refractivity contribution in [2.45, 2.75) is 38.8 Å². The lowest BCUT2D eigenvalue weighted by Gasteiger charge is -2.32.